The predicted molar refractivity (Wildman–Crippen MR) is 132 cm³/mol. The third-order valence-electron chi connectivity index (χ3n) is 4.99. The number of rotatable bonds is 9. The van der Waals surface area contributed by atoms with Gasteiger partial charge in [0.25, 0.3) is 11.4 Å². The van der Waals surface area contributed by atoms with Crippen LogP contribution in [0.1, 0.15) is 0 Å². The third kappa shape index (κ3) is 5.31. The molecule has 0 atom stereocenters. The molecule has 0 aliphatic heterocycles. The number of amides is 1. The molecule has 1 aromatic heterocycles. The number of benzene rings is 3. The Balaban J connectivity index is 1.58. The molecule has 1 N–H and O–H groups in total. The molecule has 1 heterocycles. The number of hydrogen-bond donors (Lipinski definition) is 1. The zero-order valence-electron chi connectivity index (χ0n) is 18.7. The van der Waals surface area contributed by atoms with Gasteiger partial charge in [-0.2, -0.15) is 0 Å². The average molecular weight is 507 g/mol. The summed E-state index contributed by atoms with van der Waals surface area (Å²) in [5, 5.41) is 33.8. The Morgan fingerprint density at radius 1 is 1.00 bits per heavy atom. The van der Waals surface area contributed by atoms with Crippen molar-refractivity contribution in [3.05, 3.63) is 93.0 Å². The van der Waals surface area contributed by atoms with E-state index >= 15 is 0 Å². The number of anilines is 1. The normalized spacial score (nSPS) is 10.6. The number of nitrogens with zero attached hydrogens (tertiary/aromatic N) is 5. The summed E-state index contributed by atoms with van der Waals surface area (Å²) >= 11 is 1.09. The molecule has 0 aliphatic rings. The summed E-state index contributed by atoms with van der Waals surface area (Å²) in [6.07, 6.45) is 0. The van der Waals surface area contributed by atoms with Gasteiger partial charge in [-0.1, -0.05) is 30.0 Å². The monoisotopic (exact) mass is 506 g/mol. The van der Waals surface area contributed by atoms with Gasteiger partial charge in [-0.15, -0.1) is 10.2 Å². The van der Waals surface area contributed by atoms with Gasteiger partial charge in [0, 0.05) is 23.4 Å². The van der Waals surface area contributed by atoms with Crippen LogP contribution in [0.3, 0.4) is 0 Å². The molecule has 4 aromatic rings. The van der Waals surface area contributed by atoms with E-state index in [0.717, 1.165) is 17.4 Å². The molecule has 0 saturated heterocycles. The molecule has 0 bridgehead atoms. The first-order valence-corrected chi connectivity index (χ1v) is 11.4. The second-order valence-electron chi connectivity index (χ2n) is 7.26. The Bertz CT molecular complexity index is 1430. The van der Waals surface area contributed by atoms with E-state index in [1.165, 1.54) is 37.4 Å². The largest absolute Gasteiger partial charge is 0.496 e. The van der Waals surface area contributed by atoms with Crippen molar-refractivity contribution in [3.8, 4) is 22.8 Å². The highest BCUT2D eigenvalue weighted by Gasteiger charge is 2.20. The molecule has 4 rings (SSSR count). The number of ether oxygens (including phenoxy) is 1. The van der Waals surface area contributed by atoms with Crippen LogP contribution in [-0.4, -0.2) is 43.4 Å². The maximum absolute atomic E-state index is 12.6. The molecule has 1 amide bonds. The van der Waals surface area contributed by atoms with E-state index in [1.54, 1.807) is 16.7 Å². The van der Waals surface area contributed by atoms with Crippen molar-refractivity contribution in [1.29, 1.82) is 0 Å². The van der Waals surface area contributed by atoms with Crippen molar-refractivity contribution >= 4 is 34.7 Å². The van der Waals surface area contributed by atoms with Crippen LogP contribution in [-0.2, 0) is 4.79 Å². The Kier molecular flexibility index (Phi) is 7.20. The molecule has 182 valence electrons. The summed E-state index contributed by atoms with van der Waals surface area (Å²) in [4.78, 5) is 33.9. The molecule has 0 aliphatic carbocycles. The lowest BCUT2D eigenvalue weighted by molar-refractivity contribution is -0.384. The number of aromatic nitrogens is 3. The minimum atomic E-state index is -0.603. The molecular weight excluding hydrogens is 488 g/mol. The van der Waals surface area contributed by atoms with E-state index in [4.69, 9.17) is 4.74 Å². The highest BCUT2D eigenvalue weighted by Crippen LogP contribution is 2.31. The number of carbonyl (C=O) groups is 1. The van der Waals surface area contributed by atoms with Crippen LogP contribution in [0.4, 0.5) is 17.1 Å². The number of carbonyl (C=O) groups excluding carboxylic acids is 1. The Labute approximate surface area is 208 Å². The fraction of sp³-hybridized carbons (Fsp3) is 0.0870. The lowest BCUT2D eigenvalue weighted by Gasteiger charge is -2.11. The summed E-state index contributed by atoms with van der Waals surface area (Å²) in [5.41, 5.74) is 1.03. The van der Waals surface area contributed by atoms with Crippen molar-refractivity contribution in [3.63, 3.8) is 0 Å². The standard InChI is InChI=1S/C23H18N6O6S/c1-35-18-11-12-19(20(13-18)29(33)34)24-21(30)14-36-23-26-25-22(27(23)16-5-3-2-4-6-16)15-7-9-17(10-8-15)28(31)32/h2-13H,14H2,1H3,(H,24,30). The van der Waals surface area contributed by atoms with Crippen LogP contribution in [0.5, 0.6) is 5.75 Å². The van der Waals surface area contributed by atoms with Gasteiger partial charge >= 0.3 is 0 Å². The predicted octanol–water partition coefficient (Wildman–Crippen LogP) is 4.49. The number of methoxy groups -OCH3 is 1. The fourth-order valence-electron chi connectivity index (χ4n) is 3.30. The van der Waals surface area contributed by atoms with Crippen LogP contribution in [0, 0.1) is 20.2 Å². The smallest absolute Gasteiger partial charge is 0.296 e. The molecule has 0 saturated carbocycles. The summed E-state index contributed by atoms with van der Waals surface area (Å²) in [6.45, 7) is 0. The number of thioether (sulfide) groups is 1. The average Bonchev–Trinajstić information content (AvgIpc) is 3.32. The van der Waals surface area contributed by atoms with E-state index in [1.807, 2.05) is 30.3 Å². The topological polar surface area (TPSA) is 155 Å². The summed E-state index contributed by atoms with van der Waals surface area (Å²) in [5.74, 6) is 0.149. The van der Waals surface area contributed by atoms with Crippen LogP contribution >= 0.6 is 11.8 Å². The van der Waals surface area contributed by atoms with Crippen LogP contribution < -0.4 is 10.1 Å². The van der Waals surface area contributed by atoms with Crippen molar-refractivity contribution in [2.75, 3.05) is 18.2 Å². The van der Waals surface area contributed by atoms with E-state index in [-0.39, 0.29) is 22.8 Å². The van der Waals surface area contributed by atoms with Crippen LogP contribution in [0.15, 0.2) is 78.0 Å². The molecule has 13 heteroatoms. The minimum Gasteiger partial charge on any atom is -0.496 e. The maximum atomic E-state index is 12.6. The lowest BCUT2D eigenvalue weighted by Crippen LogP contribution is -2.15. The van der Waals surface area contributed by atoms with Crippen LogP contribution in [0.2, 0.25) is 0 Å². The van der Waals surface area contributed by atoms with Gasteiger partial charge in [0.2, 0.25) is 5.91 Å². The Morgan fingerprint density at radius 3 is 2.36 bits per heavy atom. The molecule has 0 radical (unpaired) electrons. The highest BCUT2D eigenvalue weighted by molar-refractivity contribution is 7.99. The molecule has 0 spiro atoms. The molecule has 3 aromatic carbocycles. The van der Waals surface area contributed by atoms with Crippen molar-refractivity contribution in [2.24, 2.45) is 0 Å². The first-order valence-electron chi connectivity index (χ1n) is 10.4. The van der Waals surface area contributed by atoms with Gasteiger partial charge in [-0.3, -0.25) is 29.6 Å². The number of nitro benzene ring substituents is 2. The molecular formula is C23H18N6O6S. The van der Waals surface area contributed by atoms with E-state index in [2.05, 4.69) is 15.5 Å². The zero-order chi connectivity index (χ0) is 25.7. The summed E-state index contributed by atoms with van der Waals surface area (Å²) < 4.78 is 6.74. The quantitative estimate of drug-likeness (QED) is 0.196. The SMILES string of the molecule is COc1ccc(NC(=O)CSc2nnc(-c3ccc([N+](=O)[O-])cc3)n2-c2ccccc2)c([N+](=O)[O-])c1. The first kappa shape index (κ1) is 24.3. The lowest BCUT2D eigenvalue weighted by atomic mass is 10.2. The zero-order valence-corrected chi connectivity index (χ0v) is 19.5. The molecule has 36 heavy (non-hydrogen) atoms. The van der Waals surface area contributed by atoms with Gasteiger partial charge < -0.3 is 10.1 Å². The Hall–Kier alpha value is -4.78. The van der Waals surface area contributed by atoms with E-state index < -0.39 is 15.8 Å². The number of nitrogens with one attached hydrogen (secondary N) is 1. The summed E-state index contributed by atoms with van der Waals surface area (Å²) in [6, 6.07) is 19.2. The summed E-state index contributed by atoms with van der Waals surface area (Å²) in [7, 11) is 1.39. The maximum Gasteiger partial charge on any atom is 0.296 e. The van der Waals surface area contributed by atoms with Gasteiger partial charge in [-0.25, -0.2) is 0 Å². The Morgan fingerprint density at radius 2 is 1.72 bits per heavy atom. The number of hydrogen-bond acceptors (Lipinski definition) is 9. The van der Waals surface area contributed by atoms with Crippen molar-refractivity contribution < 1.29 is 19.4 Å². The minimum absolute atomic E-state index is 0.0440. The van der Waals surface area contributed by atoms with Crippen molar-refractivity contribution in [2.45, 2.75) is 5.16 Å². The molecule has 12 nitrogen and oxygen atoms in total. The second kappa shape index (κ2) is 10.7. The number of nitro groups is 2. The van der Waals surface area contributed by atoms with Gasteiger partial charge in [0.05, 0.1) is 28.8 Å². The first-order chi connectivity index (χ1) is 17.4. The van der Waals surface area contributed by atoms with Crippen molar-refractivity contribution in [1.82, 2.24) is 14.8 Å². The van der Waals surface area contributed by atoms with E-state index in [0.29, 0.717) is 22.3 Å². The number of para-hydroxylation sites is 1. The second-order valence-corrected chi connectivity index (χ2v) is 8.20. The van der Waals surface area contributed by atoms with Gasteiger partial charge in [0.1, 0.15) is 11.4 Å². The van der Waals surface area contributed by atoms with Crippen LogP contribution in [0.25, 0.3) is 17.1 Å². The van der Waals surface area contributed by atoms with Gasteiger partial charge in [-0.05, 0) is 36.4 Å². The molecule has 0 fully saturated rings. The third-order valence-corrected chi connectivity index (χ3v) is 5.92. The number of non-ortho nitro benzene ring substituents is 1. The highest BCUT2D eigenvalue weighted by atomic mass is 32.2. The van der Waals surface area contributed by atoms with Gasteiger partial charge in [0.15, 0.2) is 11.0 Å². The van der Waals surface area contributed by atoms with E-state index in [9.17, 15) is 25.0 Å². The fourth-order valence-corrected chi connectivity index (χ4v) is 4.06. The molecule has 0 unspecified atom stereocenters.